The molecule has 3 N–H and O–H groups in total. The second-order valence-corrected chi connectivity index (χ2v) is 5.77. The maximum Gasteiger partial charge on any atom is 0.0880 e. The first-order chi connectivity index (χ1) is 7.22. The minimum absolute atomic E-state index is 0.0432. The highest BCUT2D eigenvalue weighted by Crippen LogP contribution is 2.26. The van der Waals surface area contributed by atoms with E-state index in [0.29, 0.717) is 12.3 Å². The van der Waals surface area contributed by atoms with Gasteiger partial charge in [0.15, 0.2) is 0 Å². The summed E-state index contributed by atoms with van der Waals surface area (Å²) in [5.74, 6) is 0.643. The van der Waals surface area contributed by atoms with Gasteiger partial charge in [0.05, 0.1) is 11.7 Å². The molecule has 0 aliphatic rings. The van der Waals surface area contributed by atoms with Gasteiger partial charge in [0.1, 0.15) is 0 Å². The molecular weight excluding hydrogens is 204 g/mol. The van der Waals surface area contributed by atoms with E-state index in [-0.39, 0.29) is 18.4 Å². The lowest BCUT2D eigenvalue weighted by atomic mass is 9.82. The third-order valence-corrected chi connectivity index (χ3v) is 3.47. The van der Waals surface area contributed by atoms with Crippen LogP contribution in [0.3, 0.4) is 0 Å². The van der Waals surface area contributed by atoms with Crippen LogP contribution >= 0.6 is 0 Å². The van der Waals surface area contributed by atoms with Crippen LogP contribution in [0.25, 0.3) is 0 Å². The third kappa shape index (κ3) is 4.81. The van der Waals surface area contributed by atoms with Gasteiger partial charge in [0.25, 0.3) is 0 Å². The molecule has 0 radical (unpaired) electrons. The van der Waals surface area contributed by atoms with Gasteiger partial charge in [0, 0.05) is 6.61 Å². The minimum atomic E-state index is -1.06. The van der Waals surface area contributed by atoms with Gasteiger partial charge in [0.2, 0.25) is 0 Å². The monoisotopic (exact) mass is 232 g/mol. The molecule has 0 bridgehead atoms. The van der Waals surface area contributed by atoms with Crippen molar-refractivity contribution in [3.8, 4) is 0 Å². The molecule has 0 aromatic heterocycles. The molecular formula is C13H28O3. The Balaban J connectivity index is 4.26. The fourth-order valence-corrected chi connectivity index (χ4v) is 1.98. The summed E-state index contributed by atoms with van der Waals surface area (Å²) in [4.78, 5) is 0. The standard InChI is InChI=1S/C13H28O3/c1-9(2)11(8-14)6-7-13(5,16)12(15)10(3)4/h9-12,14-16H,6-8H2,1-5H3/t11-,12-,13+/m1/s1. The van der Waals surface area contributed by atoms with Crippen LogP contribution in [0.1, 0.15) is 47.5 Å². The molecule has 0 heterocycles. The van der Waals surface area contributed by atoms with E-state index in [4.69, 9.17) is 0 Å². The van der Waals surface area contributed by atoms with E-state index in [1.54, 1.807) is 6.92 Å². The van der Waals surface area contributed by atoms with E-state index in [1.807, 2.05) is 13.8 Å². The molecule has 0 unspecified atom stereocenters. The average Bonchev–Trinajstić information content (AvgIpc) is 2.16. The van der Waals surface area contributed by atoms with Crippen LogP contribution in [0, 0.1) is 17.8 Å². The average molecular weight is 232 g/mol. The Kier molecular flexibility index (Phi) is 6.53. The smallest absolute Gasteiger partial charge is 0.0880 e. The van der Waals surface area contributed by atoms with Gasteiger partial charge >= 0.3 is 0 Å². The minimum Gasteiger partial charge on any atom is -0.396 e. The first-order valence-electron chi connectivity index (χ1n) is 6.23. The zero-order chi connectivity index (χ0) is 12.9. The van der Waals surface area contributed by atoms with E-state index in [9.17, 15) is 15.3 Å². The van der Waals surface area contributed by atoms with Gasteiger partial charge < -0.3 is 15.3 Å². The second kappa shape index (κ2) is 6.58. The Hall–Kier alpha value is -0.120. The summed E-state index contributed by atoms with van der Waals surface area (Å²) < 4.78 is 0. The Morgan fingerprint density at radius 3 is 1.88 bits per heavy atom. The Bertz CT molecular complexity index is 188. The van der Waals surface area contributed by atoms with Gasteiger partial charge in [-0.15, -0.1) is 0 Å². The molecule has 0 aliphatic carbocycles. The van der Waals surface area contributed by atoms with Crippen LogP contribution in [-0.4, -0.2) is 33.6 Å². The normalized spacial score (nSPS) is 19.9. The van der Waals surface area contributed by atoms with E-state index in [0.717, 1.165) is 6.42 Å². The first-order valence-corrected chi connectivity index (χ1v) is 6.23. The Labute approximate surface area is 99.5 Å². The number of hydrogen-bond acceptors (Lipinski definition) is 3. The second-order valence-electron chi connectivity index (χ2n) is 5.77. The van der Waals surface area contributed by atoms with E-state index in [1.165, 1.54) is 0 Å². The topological polar surface area (TPSA) is 60.7 Å². The maximum atomic E-state index is 10.1. The quantitative estimate of drug-likeness (QED) is 0.627. The first kappa shape index (κ1) is 15.9. The molecule has 0 rings (SSSR count). The fourth-order valence-electron chi connectivity index (χ4n) is 1.98. The highest BCUT2D eigenvalue weighted by Gasteiger charge is 2.33. The van der Waals surface area contributed by atoms with Crippen LogP contribution in [0.4, 0.5) is 0 Å². The maximum absolute atomic E-state index is 10.1. The SMILES string of the molecule is CC(C)[C@@H](CO)CC[C@](C)(O)[C@H](O)C(C)C. The van der Waals surface area contributed by atoms with E-state index < -0.39 is 11.7 Å². The molecule has 16 heavy (non-hydrogen) atoms. The summed E-state index contributed by atoms with van der Waals surface area (Å²) in [6, 6.07) is 0. The van der Waals surface area contributed by atoms with Crippen molar-refractivity contribution in [3.05, 3.63) is 0 Å². The van der Waals surface area contributed by atoms with E-state index in [2.05, 4.69) is 13.8 Å². The van der Waals surface area contributed by atoms with Crippen molar-refractivity contribution < 1.29 is 15.3 Å². The largest absolute Gasteiger partial charge is 0.396 e. The molecule has 0 aliphatic heterocycles. The lowest BCUT2D eigenvalue weighted by molar-refractivity contribution is -0.0911. The van der Waals surface area contributed by atoms with E-state index >= 15 is 0 Å². The van der Waals surface area contributed by atoms with Crippen molar-refractivity contribution in [2.75, 3.05) is 6.61 Å². The third-order valence-electron chi connectivity index (χ3n) is 3.47. The summed E-state index contributed by atoms with van der Waals surface area (Å²) in [5.41, 5.74) is -1.06. The fraction of sp³-hybridized carbons (Fsp3) is 1.00. The van der Waals surface area contributed by atoms with Crippen molar-refractivity contribution in [2.24, 2.45) is 17.8 Å². The van der Waals surface area contributed by atoms with Crippen molar-refractivity contribution in [1.29, 1.82) is 0 Å². The summed E-state index contributed by atoms with van der Waals surface area (Å²) in [6.45, 7) is 9.73. The highest BCUT2D eigenvalue weighted by atomic mass is 16.3. The van der Waals surface area contributed by atoms with Crippen LogP contribution in [0.15, 0.2) is 0 Å². The lowest BCUT2D eigenvalue weighted by Crippen LogP contribution is -2.43. The van der Waals surface area contributed by atoms with Crippen LogP contribution in [-0.2, 0) is 0 Å². The number of hydrogen-bond donors (Lipinski definition) is 3. The lowest BCUT2D eigenvalue weighted by Gasteiger charge is -2.33. The van der Waals surface area contributed by atoms with Crippen LogP contribution in [0.5, 0.6) is 0 Å². The molecule has 3 atom stereocenters. The molecule has 0 saturated carbocycles. The molecule has 0 spiro atoms. The van der Waals surface area contributed by atoms with Crippen LogP contribution in [0.2, 0.25) is 0 Å². The number of rotatable bonds is 7. The van der Waals surface area contributed by atoms with Gasteiger partial charge in [-0.2, -0.15) is 0 Å². The molecule has 3 nitrogen and oxygen atoms in total. The molecule has 0 saturated heterocycles. The van der Waals surface area contributed by atoms with Crippen molar-refractivity contribution in [2.45, 2.75) is 59.2 Å². The van der Waals surface area contributed by atoms with Crippen LogP contribution < -0.4 is 0 Å². The van der Waals surface area contributed by atoms with Crippen molar-refractivity contribution in [1.82, 2.24) is 0 Å². The summed E-state index contributed by atoms with van der Waals surface area (Å²) in [7, 11) is 0. The predicted molar refractivity (Wildman–Crippen MR) is 66.1 cm³/mol. The number of aliphatic hydroxyl groups excluding tert-OH is 2. The van der Waals surface area contributed by atoms with Gasteiger partial charge in [-0.1, -0.05) is 27.7 Å². The Morgan fingerprint density at radius 2 is 1.56 bits per heavy atom. The Morgan fingerprint density at radius 1 is 1.06 bits per heavy atom. The van der Waals surface area contributed by atoms with Gasteiger partial charge in [-0.25, -0.2) is 0 Å². The predicted octanol–water partition coefficient (Wildman–Crippen LogP) is 1.80. The van der Waals surface area contributed by atoms with Crippen molar-refractivity contribution >= 4 is 0 Å². The van der Waals surface area contributed by atoms with Gasteiger partial charge in [-0.05, 0) is 37.5 Å². The number of aliphatic hydroxyl groups is 3. The van der Waals surface area contributed by atoms with Crippen molar-refractivity contribution in [3.63, 3.8) is 0 Å². The summed E-state index contributed by atoms with van der Waals surface area (Å²) in [6.07, 6.45) is 0.555. The molecule has 0 aromatic carbocycles. The zero-order valence-corrected chi connectivity index (χ0v) is 11.3. The molecule has 0 fully saturated rings. The summed E-state index contributed by atoms with van der Waals surface area (Å²) in [5, 5.41) is 29.2. The molecule has 98 valence electrons. The summed E-state index contributed by atoms with van der Waals surface area (Å²) >= 11 is 0. The zero-order valence-electron chi connectivity index (χ0n) is 11.3. The van der Waals surface area contributed by atoms with Gasteiger partial charge in [-0.3, -0.25) is 0 Å². The molecule has 0 amide bonds. The molecule has 0 aromatic rings. The molecule has 3 heteroatoms. The highest BCUT2D eigenvalue weighted by molar-refractivity contribution is 4.84.